The predicted octanol–water partition coefficient (Wildman–Crippen LogP) is 1.44. The number of methoxy groups -OCH3 is 1. The van der Waals surface area contributed by atoms with E-state index in [4.69, 9.17) is 4.74 Å². The van der Waals surface area contributed by atoms with Crippen molar-refractivity contribution in [3.63, 3.8) is 0 Å². The molecule has 2 rings (SSSR count). The van der Waals surface area contributed by atoms with E-state index in [2.05, 4.69) is 15.3 Å². The molecular weight excluding hydrogens is 234 g/mol. The Morgan fingerprint density at radius 2 is 2.06 bits per heavy atom. The number of phenols is 1. The number of benzene rings is 1. The summed E-state index contributed by atoms with van der Waals surface area (Å²) >= 11 is 0. The summed E-state index contributed by atoms with van der Waals surface area (Å²) in [5.74, 6) is -0.0892. The lowest BCUT2D eigenvalue weighted by atomic mass is 10.1. The van der Waals surface area contributed by atoms with Crippen LogP contribution in [0.5, 0.6) is 11.5 Å². The minimum absolute atomic E-state index is 0.120. The van der Waals surface area contributed by atoms with Crippen LogP contribution >= 0.6 is 0 Å². The van der Waals surface area contributed by atoms with E-state index in [1.807, 2.05) is 0 Å². The molecular formula is C12H11N3O3. The maximum Gasteiger partial charge on any atom is 0.259 e. The molecule has 0 spiro atoms. The van der Waals surface area contributed by atoms with Gasteiger partial charge in [-0.25, -0.2) is 9.97 Å². The van der Waals surface area contributed by atoms with Crippen LogP contribution in [0.4, 0.5) is 5.69 Å². The second-order valence-corrected chi connectivity index (χ2v) is 3.46. The quantitative estimate of drug-likeness (QED) is 0.854. The van der Waals surface area contributed by atoms with Gasteiger partial charge in [0.1, 0.15) is 17.8 Å². The molecule has 0 saturated heterocycles. The molecule has 0 aliphatic heterocycles. The summed E-state index contributed by atoms with van der Waals surface area (Å²) in [5.41, 5.74) is 0.572. The Labute approximate surface area is 103 Å². The fraction of sp³-hybridized carbons (Fsp3) is 0.0833. The molecule has 2 aromatic rings. The summed E-state index contributed by atoms with van der Waals surface area (Å²) < 4.78 is 4.99. The predicted molar refractivity (Wildman–Crippen MR) is 64.6 cm³/mol. The molecule has 0 aliphatic rings. The molecule has 1 aromatic carbocycles. The van der Waals surface area contributed by atoms with Crippen molar-refractivity contribution >= 4 is 11.6 Å². The van der Waals surface area contributed by atoms with Crippen LogP contribution in [0.15, 0.2) is 36.9 Å². The number of aromatic nitrogens is 2. The van der Waals surface area contributed by atoms with E-state index in [0.717, 1.165) is 0 Å². The zero-order chi connectivity index (χ0) is 13.0. The van der Waals surface area contributed by atoms with Gasteiger partial charge in [-0.05, 0) is 18.2 Å². The number of carbonyl (C=O) groups is 1. The molecule has 6 heteroatoms. The molecule has 0 bridgehead atoms. The number of amides is 1. The van der Waals surface area contributed by atoms with Gasteiger partial charge in [0.25, 0.3) is 5.91 Å². The van der Waals surface area contributed by atoms with E-state index in [9.17, 15) is 9.90 Å². The van der Waals surface area contributed by atoms with Crippen LogP contribution in [-0.2, 0) is 0 Å². The Morgan fingerprint density at radius 1 is 1.33 bits per heavy atom. The zero-order valence-electron chi connectivity index (χ0n) is 9.62. The first-order chi connectivity index (χ1) is 8.70. The van der Waals surface area contributed by atoms with E-state index in [1.165, 1.54) is 38.0 Å². The van der Waals surface area contributed by atoms with Gasteiger partial charge in [-0.15, -0.1) is 0 Å². The molecule has 0 radical (unpaired) electrons. The SMILES string of the molecule is COc1ccc(O)c(C(=O)Nc2cncnc2)c1. The topological polar surface area (TPSA) is 84.3 Å². The van der Waals surface area contributed by atoms with E-state index in [1.54, 1.807) is 6.07 Å². The Kier molecular flexibility index (Phi) is 3.38. The van der Waals surface area contributed by atoms with Crippen molar-refractivity contribution in [2.24, 2.45) is 0 Å². The van der Waals surface area contributed by atoms with E-state index >= 15 is 0 Å². The fourth-order valence-electron chi connectivity index (χ4n) is 1.39. The summed E-state index contributed by atoms with van der Waals surface area (Å²) in [6.45, 7) is 0. The largest absolute Gasteiger partial charge is 0.507 e. The first kappa shape index (κ1) is 11.8. The van der Waals surface area contributed by atoms with Crippen LogP contribution < -0.4 is 10.1 Å². The molecule has 0 atom stereocenters. The second-order valence-electron chi connectivity index (χ2n) is 3.46. The highest BCUT2D eigenvalue weighted by Gasteiger charge is 2.12. The molecule has 0 unspecified atom stereocenters. The molecule has 0 aliphatic carbocycles. The highest BCUT2D eigenvalue weighted by Crippen LogP contribution is 2.23. The third kappa shape index (κ3) is 2.54. The Hall–Kier alpha value is -2.63. The van der Waals surface area contributed by atoms with Crippen LogP contribution in [0.25, 0.3) is 0 Å². The number of hydrogen-bond donors (Lipinski definition) is 2. The Morgan fingerprint density at radius 3 is 2.72 bits per heavy atom. The van der Waals surface area contributed by atoms with Crippen molar-refractivity contribution in [1.29, 1.82) is 0 Å². The summed E-state index contributed by atoms with van der Waals surface area (Å²) in [5, 5.41) is 12.2. The number of hydrogen-bond acceptors (Lipinski definition) is 5. The lowest BCUT2D eigenvalue weighted by Crippen LogP contribution is -2.12. The fourth-order valence-corrected chi connectivity index (χ4v) is 1.39. The molecule has 92 valence electrons. The summed E-state index contributed by atoms with van der Waals surface area (Å²) in [6.07, 6.45) is 4.28. The van der Waals surface area contributed by atoms with Crippen LogP contribution in [0, 0.1) is 0 Å². The molecule has 0 saturated carbocycles. The lowest BCUT2D eigenvalue weighted by Gasteiger charge is -2.07. The Balaban J connectivity index is 2.23. The lowest BCUT2D eigenvalue weighted by molar-refractivity contribution is 0.102. The maximum atomic E-state index is 11.9. The van der Waals surface area contributed by atoms with Gasteiger partial charge in [0.2, 0.25) is 0 Å². The molecule has 1 aromatic heterocycles. The van der Waals surface area contributed by atoms with Crippen LogP contribution in [-0.4, -0.2) is 28.1 Å². The number of aromatic hydroxyl groups is 1. The van der Waals surface area contributed by atoms with Crippen molar-refractivity contribution in [3.05, 3.63) is 42.5 Å². The number of carbonyl (C=O) groups excluding carboxylic acids is 1. The van der Waals surface area contributed by atoms with E-state index in [0.29, 0.717) is 11.4 Å². The van der Waals surface area contributed by atoms with Gasteiger partial charge in [-0.1, -0.05) is 0 Å². The molecule has 1 amide bonds. The first-order valence-electron chi connectivity index (χ1n) is 5.14. The molecule has 6 nitrogen and oxygen atoms in total. The minimum atomic E-state index is -0.457. The second kappa shape index (κ2) is 5.13. The molecule has 0 fully saturated rings. The van der Waals surface area contributed by atoms with Gasteiger partial charge >= 0.3 is 0 Å². The molecule has 1 heterocycles. The highest BCUT2D eigenvalue weighted by atomic mass is 16.5. The van der Waals surface area contributed by atoms with E-state index < -0.39 is 5.91 Å². The Bertz CT molecular complexity index is 558. The van der Waals surface area contributed by atoms with E-state index in [-0.39, 0.29) is 11.3 Å². The van der Waals surface area contributed by atoms with Crippen molar-refractivity contribution < 1.29 is 14.6 Å². The van der Waals surface area contributed by atoms with Crippen LogP contribution in [0.2, 0.25) is 0 Å². The smallest absolute Gasteiger partial charge is 0.259 e. The summed E-state index contributed by atoms with van der Waals surface area (Å²) in [4.78, 5) is 19.5. The zero-order valence-corrected chi connectivity index (χ0v) is 9.62. The van der Waals surface area contributed by atoms with Gasteiger partial charge in [-0.3, -0.25) is 4.79 Å². The minimum Gasteiger partial charge on any atom is -0.507 e. The first-order valence-corrected chi connectivity index (χ1v) is 5.14. The normalized spacial score (nSPS) is 9.83. The van der Waals surface area contributed by atoms with Gasteiger partial charge < -0.3 is 15.2 Å². The number of phenolic OH excluding ortho intramolecular Hbond substituents is 1. The monoisotopic (exact) mass is 245 g/mol. The van der Waals surface area contributed by atoms with Gasteiger partial charge in [0.15, 0.2) is 0 Å². The number of anilines is 1. The van der Waals surface area contributed by atoms with Crippen molar-refractivity contribution in [2.75, 3.05) is 12.4 Å². The summed E-state index contributed by atoms with van der Waals surface area (Å²) in [6, 6.07) is 4.42. The number of rotatable bonds is 3. The molecule has 18 heavy (non-hydrogen) atoms. The number of ether oxygens (including phenoxy) is 1. The number of nitrogens with one attached hydrogen (secondary N) is 1. The third-order valence-electron chi connectivity index (χ3n) is 2.27. The van der Waals surface area contributed by atoms with Crippen LogP contribution in [0.3, 0.4) is 0 Å². The van der Waals surface area contributed by atoms with Gasteiger partial charge in [0, 0.05) is 0 Å². The highest BCUT2D eigenvalue weighted by molar-refractivity contribution is 6.06. The maximum absolute atomic E-state index is 11.9. The third-order valence-corrected chi connectivity index (χ3v) is 2.27. The van der Waals surface area contributed by atoms with Crippen molar-refractivity contribution in [2.45, 2.75) is 0 Å². The molecule has 2 N–H and O–H groups in total. The van der Waals surface area contributed by atoms with Gasteiger partial charge in [-0.2, -0.15) is 0 Å². The number of nitrogens with zero attached hydrogens (tertiary/aromatic N) is 2. The van der Waals surface area contributed by atoms with Crippen molar-refractivity contribution in [1.82, 2.24) is 9.97 Å². The summed E-state index contributed by atoms with van der Waals surface area (Å²) in [7, 11) is 1.49. The van der Waals surface area contributed by atoms with Crippen molar-refractivity contribution in [3.8, 4) is 11.5 Å². The average molecular weight is 245 g/mol. The average Bonchev–Trinajstić information content (AvgIpc) is 2.40. The standard InChI is InChI=1S/C12H11N3O3/c1-18-9-2-3-11(16)10(4-9)12(17)15-8-5-13-7-14-6-8/h2-7,16H,1H3,(H,15,17). The van der Waals surface area contributed by atoms with Gasteiger partial charge in [0.05, 0.1) is 30.8 Å². The van der Waals surface area contributed by atoms with Crippen LogP contribution in [0.1, 0.15) is 10.4 Å².